The Morgan fingerprint density at radius 2 is 1.96 bits per heavy atom. The first-order valence-electron chi connectivity index (χ1n) is 9.20. The third-order valence-corrected chi connectivity index (χ3v) is 5.63. The third kappa shape index (κ3) is 4.14. The van der Waals surface area contributed by atoms with Gasteiger partial charge in [-0.1, -0.05) is 18.2 Å². The van der Waals surface area contributed by atoms with Crippen molar-refractivity contribution in [2.45, 2.75) is 25.8 Å². The Kier molecular flexibility index (Phi) is 5.11. The molecule has 3 heterocycles. The van der Waals surface area contributed by atoms with Gasteiger partial charge in [-0.3, -0.25) is 4.79 Å². The predicted octanol–water partition coefficient (Wildman–Crippen LogP) is 3.82. The predicted molar refractivity (Wildman–Crippen MR) is 111 cm³/mol. The molecule has 0 spiro atoms. The zero-order chi connectivity index (χ0) is 18.6. The van der Waals surface area contributed by atoms with Crippen LogP contribution >= 0.6 is 11.3 Å². The maximum Gasteiger partial charge on any atom is 0.272 e. The van der Waals surface area contributed by atoms with E-state index < -0.39 is 0 Å². The normalized spacial score (nSPS) is 14.3. The molecule has 3 N–H and O–H groups in total. The lowest BCUT2D eigenvalue weighted by Gasteiger charge is -2.25. The standard InChI is InChI=1S/C20H23N5OS/c21-15-11-18(19(26)22-16-7-3-1-4-8-16)25(12-15)13-17-14-27-20(23-17)24-9-5-2-6-10-24/h1,3-4,7-8,11-12,14H,2,5-6,9-10,13,21H2,(H,22,26). The quantitative estimate of drug-likeness (QED) is 0.704. The number of carbonyl (C=O) groups excluding carboxylic acids is 1. The highest BCUT2D eigenvalue weighted by Gasteiger charge is 2.17. The fraction of sp³-hybridized carbons (Fsp3) is 0.300. The van der Waals surface area contributed by atoms with Gasteiger partial charge in [0.05, 0.1) is 17.9 Å². The van der Waals surface area contributed by atoms with Gasteiger partial charge in [-0.25, -0.2) is 4.98 Å². The molecule has 140 valence electrons. The van der Waals surface area contributed by atoms with E-state index in [1.165, 1.54) is 19.3 Å². The van der Waals surface area contributed by atoms with Crippen LogP contribution in [0.3, 0.4) is 0 Å². The van der Waals surface area contributed by atoms with Gasteiger partial charge in [0, 0.05) is 30.4 Å². The summed E-state index contributed by atoms with van der Waals surface area (Å²) in [7, 11) is 0. The average Bonchev–Trinajstić information content (AvgIpc) is 3.30. The molecule has 0 bridgehead atoms. The first kappa shape index (κ1) is 17.6. The third-order valence-electron chi connectivity index (χ3n) is 4.68. The SMILES string of the molecule is Nc1cc(C(=O)Nc2ccccc2)n(Cc2csc(N3CCCCC3)n2)c1. The van der Waals surface area contributed by atoms with Gasteiger partial charge in [0.1, 0.15) is 5.69 Å². The fourth-order valence-electron chi connectivity index (χ4n) is 3.34. The van der Waals surface area contributed by atoms with Crippen molar-refractivity contribution in [2.24, 2.45) is 0 Å². The average molecular weight is 382 g/mol. The van der Waals surface area contributed by atoms with Gasteiger partial charge in [-0.15, -0.1) is 11.3 Å². The second-order valence-electron chi connectivity index (χ2n) is 6.78. The summed E-state index contributed by atoms with van der Waals surface area (Å²) in [6.45, 7) is 2.68. The minimum Gasteiger partial charge on any atom is -0.397 e. The van der Waals surface area contributed by atoms with E-state index in [4.69, 9.17) is 10.7 Å². The molecule has 0 aliphatic carbocycles. The van der Waals surface area contributed by atoms with E-state index in [-0.39, 0.29) is 5.91 Å². The lowest BCUT2D eigenvalue weighted by Crippen LogP contribution is -2.29. The van der Waals surface area contributed by atoms with Crippen molar-refractivity contribution >= 4 is 33.8 Å². The van der Waals surface area contributed by atoms with Gasteiger partial charge >= 0.3 is 0 Å². The molecule has 4 rings (SSSR count). The smallest absolute Gasteiger partial charge is 0.272 e. The Morgan fingerprint density at radius 3 is 2.74 bits per heavy atom. The summed E-state index contributed by atoms with van der Waals surface area (Å²) >= 11 is 1.67. The van der Waals surface area contributed by atoms with Crippen LogP contribution in [0.4, 0.5) is 16.5 Å². The van der Waals surface area contributed by atoms with Crippen LogP contribution in [-0.4, -0.2) is 28.5 Å². The largest absolute Gasteiger partial charge is 0.397 e. The number of thiazole rings is 1. The molecular formula is C20H23N5OS. The summed E-state index contributed by atoms with van der Waals surface area (Å²) in [5.74, 6) is -0.176. The number of hydrogen-bond acceptors (Lipinski definition) is 5. The number of aromatic nitrogens is 2. The van der Waals surface area contributed by atoms with Gasteiger partial charge in [0.2, 0.25) is 0 Å². The molecule has 7 heteroatoms. The molecular weight excluding hydrogens is 358 g/mol. The second-order valence-corrected chi connectivity index (χ2v) is 7.61. The molecule has 1 amide bonds. The van der Waals surface area contributed by atoms with E-state index in [1.807, 2.05) is 34.9 Å². The van der Waals surface area contributed by atoms with E-state index in [0.717, 1.165) is 29.6 Å². The molecule has 1 fully saturated rings. The van der Waals surface area contributed by atoms with Crippen LogP contribution in [0.2, 0.25) is 0 Å². The van der Waals surface area contributed by atoms with Crippen LogP contribution in [0.15, 0.2) is 48.0 Å². The van der Waals surface area contributed by atoms with Gasteiger partial charge in [0.25, 0.3) is 5.91 Å². The summed E-state index contributed by atoms with van der Waals surface area (Å²) in [5.41, 5.74) is 8.77. The topological polar surface area (TPSA) is 76.2 Å². The van der Waals surface area contributed by atoms with Crippen molar-refractivity contribution in [1.82, 2.24) is 9.55 Å². The number of anilines is 3. The van der Waals surface area contributed by atoms with Crippen LogP contribution in [-0.2, 0) is 6.54 Å². The van der Waals surface area contributed by atoms with E-state index in [1.54, 1.807) is 23.6 Å². The molecule has 3 aromatic rings. The molecule has 0 saturated carbocycles. The monoisotopic (exact) mass is 381 g/mol. The molecule has 0 radical (unpaired) electrons. The van der Waals surface area contributed by atoms with Gasteiger partial charge < -0.3 is 20.5 Å². The number of carbonyl (C=O) groups is 1. The molecule has 1 saturated heterocycles. The summed E-state index contributed by atoms with van der Waals surface area (Å²) in [4.78, 5) is 19.8. The number of benzene rings is 1. The molecule has 27 heavy (non-hydrogen) atoms. The fourth-order valence-corrected chi connectivity index (χ4v) is 4.22. The van der Waals surface area contributed by atoms with Crippen molar-refractivity contribution in [2.75, 3.05) is 29.0 Å². The number of piperidine rings is 1. The molecule has 0 unspecified atom stereocenters. The van der Waals surface area contributed by atoms with E-state index in [2.05, 4.69) is 15.6 Å². The molecule has 6 nitrogen and oxygen atoms in total. The summed E-state index contributed by atoms with van der Waals surface area (Å²) in [6, 6.07) is 11.1. The summed E-state index contributed by atoms with van der Waals surface area (Å²) in [5, 5.41) is 6.05. The van der Waals surface area contributed by atoms with Crippen LogP contribution in [0.5, 0.6) is 0 Å². The number of para-hydroxylation sites is 1. The number of nitrogens with one attached hydrogen (secondary N) is 1. The molecule has 2 aromatic heterocycles. The van der Waals surface area contributed by atoms with Gasteiger partial charge in [-0.2, -0.15) is 0 Å². The van der Waals surface area contributed by atoms with Gasteiger partial charge in [-0.05, 0) is 37.5 Å². The van der Waals surface area contributed by atoms with Crippen molar-refractivity contribution in [1.29, 1.82) is 0 Å². The Hall–Kier alpha value is -2.80. The molecule has 1 aliphatic heterocycles. The van der Waals surface area contributed by atoms with Crippen molar-refractivity contribution < 1.29 is 4.79 Å². The zero-order valence-electron chi connectivity index (χ0n) is 15.1. The maximum absolute atomic E-state index is 12.7. The maximum atomic E-state index is 12.7. The Balaban J connectivity index is 1.49. The number of nitrogens with zero attached hydrogens (tertiary/aromatic N) is 3. The van der Waals surface area contributed by atoms with E-state index >= 15 is 0 Å². The van der Waals surface area contributed by atoms with Crippen molar-refractivity contribution in [3.8, 4) is 0 Å². The first-order chi connectivity index (χ1) is 13.2. The highest BCUT2D eigenvalue weighted by atomic mass is 32.1. The number of nitrogens with two attached hydrogens (primary N) is 1. The Bertz CT molecular complexity index is 912. The van der Waals surface area contributed by atoms with Crippen molar-refractivity contribution in [3.63, 3.8) is 0 Å². The van der Waals surface area contributed by atoms with Crippen LogP contribution in [0, 0.1) is 0 Å². The highest BCUT2D eigenvalue weighted by Crippen LogP contribution is 2.25. The summed E-state index contributed by atoms with van der Waals surface area (Å²) < 4.78 is 1.86. The lowest BCUT2D eigenvalue weighted by atomic mass is 10.1. The first-order valence-corrected chi connectivity index (χ1v) is 10.1. The minimum absolute atomic E-state index is 0.176. The number of rotatable bonds is 5. The van der Waals surface area contributed by atoms with Crippen LogP contribution < -0.4 is 16.0 Å². The van der Waals surface area contributed by atoms with Gasteiger partial charge in [0.15, 0.2) is 5.13 Å². The molecule has 1 aliphatic rings. The molecule has 1 aromatic carbocycles. The van der Waals surface area contributed by atoms with Crippen LogP contribution in [0.1, 0.15) is 35.4 Å². The number of nitrogen functional groups attached to an aromatic ring is 1. The summed E-state index contributed by atoms with van der Waals surface area (Å²) in [6.07, 6.45) is 5.55. The molecule has 0 atom stereocenters. The van der Waals surface area contributed by atoms with Crippen LogP contribution in [0.25, 0.3) is 0 Å². The second kappa shape index (κ2) is 7.84. The lowest BCUT2D eigenvalue weighted by molar-refractivity contribution is 0.101. The van der Waals surface area contributed by atoms with E-state index in [9.17, 15) is 4.79 Å². The van der Waals surface area contributed by atoms with Crippen molar-refractivity contribution in [3.05, 3.63) is 59.4 Å². The number of hydrogen-bond donors (Lipinski definition) is 2. The minimum atomic E-state index is -0.176. The Morgan fingerprint density at radius 1 is 1.19 bits per heavy atom. The van der Waals surface area contributed by atoms with E-state index in [0.29, 0.717) is 17.9 Å². The zero-order valence-corrected chi connectivity index (χ0v) is 15.9. The number of amides is 1. The highest BCUT2D eigenvalue weighted by molar-refractivity contribution is 7.13. The Labute approximate surface area is 162 Å².